The number of amides is 1. The smallest absolute Gasteiger partial charge is 0.230 e. The van der Waals surface area contributed by atoms with Crippen molar-refractivity contribution in [3.63, 3.8) is 0 Å². The van der Waals surface area contributed by atoms with Crippen LogP contribution in [0.15, 0.2) is 18.2 Å². The standard InChI is InChI=1S/C16H21Cl2NOS2/c17-14-6-3-7-15(18)13(14)10-21-11-16(20)19-8-9-22-12-4-1-2-5-12/h3,6-7,12H,1-2,4-5,8-11H2,(H,19,20). The number of halogens is 2. The van der Waals surface area contributed by atoms with Crippen LogP contribution >= 0.6 is 46.7 Å². The zero-order valence-electron chi connectivity index (χ0n) is 12.4. The summed E-state index contributed by atoms with van der Waals surface area (Å²) in [5.74, 6) is 2.19. The van der Waals surface area contributed by atoms with Crippen LogP contribution in [0.1, 0.15) is 31.2 Å². The second-order valence-corrected chi connectivity index (χ2v) is 8.53. The van der Waals surface area contributed by atoms with Gasteiger partial charge in [-0.15, -0.1) is 11.8 Å². The zero-order chi connectivity index (χ0) is 15.8. The fourth-order valence-electron chi connectivity index (χ4n) is 2.44. The molecular weight excluding hydrogens is 357 g/mol. The first-order valence-corrected chi connectivity index (χ1v) is 10.5. The molecule has 0 aliphatic heterocycles. The molecule has 22 heavy (non-hydrogen) atoms. The van der Waals surface area contributed by atoms with Crippen molar-refractivity contribution < 1.29 is 4.79 Å². The molecule has 1 aliphatic rings. The van der Waals surface area contributed by atoms with Crippen LogP contribution in [-0.2, 0) is 10.5 Å². The van der Waals surface area contributed by atoms with Gasteiger partial charge in [0.15, 0.2) is 0 Å². The van der Waals surface area contributed by atoms with E-state index in [1.807, 2.05) is 30.0 Å². The Kier molecular flexibility index (Phi) is 8.29. The van der Waals surface area contributed by atoms with Crippen LogP contribution < -0.4 is 5.32 Å². The second-order valence-electron chi connectivity index (χ2n) is 5.32. The van der Waals surface area contributed by atoms with Crippen LogP contribution in [0.25, 0.3) is 0 Å². The van der Waals surface area contributed by atoms with Gasteiger partial charge < -0.3 is 5.32 Å². The molecule has 1 amide bonds. The largest absolute Gasteiger partial charge is 0.355 e. The molecule has 1 aromatic carbocycles. The molecule has 0 unspecified atom stereocenters. The quantitative estimate of drug-likeness (QED) is 0.644. The summed E-state index contributed by atoms with van der Waals surface area (Å²) in [6.45, 7) is 0.757. The molecule has 122 valence electrons. The Bertz CT molecular complexity index is 473. The van der Waals surface area contributed by atoms with Crippen LogP contribution in [0.3, 0.4) is 0 Å². The lowest BCUT2D eigenvalue weighted by atomic mass is 10.2. The van der Waals surface area contributed by atoms with Gasteiger partial charge in [0.25, 0.3) is 0 Å². The summed E-state index contributed by atoms with van der Waals surface area (Å²) < 4.78 is 0. The normalized spacial score (nSPS) is 15.2. The summed E-state index contributed by atoms with van der Waals surface area (Å²) in [5.41, 5.74) is 0.903. The highest BCUT2D eigenvalue weighted by molar-refractivity contribution is 8.00. The van der Waals surface area contributed by atoms with Crippen LogP contribution in [0.2, 0.25) is 10.0 Å². The lowest BCUT2D eigenvalue weighted by Gasteiger charge is -2.10. The Morgan fingerprint density at radius 1 is 1.23 bits per heavy atom. The predicted molar refractivity (Wildman–Crippen MR) is 100 cm³/mol. The fraction of sp³-hybridized carbons (Fsp3) is 0.562. The predicted octanol–water partition coefficient (Wildman–Crippen LogP) is 5.02. The second kappa shape index (κ2) is 9.96. The van der Waals surface area contributed by atoms with E-state index in [0.717, 1.165) is 23.1 Å². The maximum Gasteiger partial charge on any atom is 0.230 e. The minimum atomic E-state index is 0.0835. The highest BCUT2D eigenvalue weighted by atomic mass is 35.5. The monoisotopic (exact) mass is 377 g/mol. The van der Waals surface area contributed by atoms with Crippen molar-refractivity contribution >= 4 is 52.6 Å². The molecule has 0 radical (unpaired) electrons. The molecule has 1 aliphatic carbocycles. The zero-order valence-corrected chi connectivity index (χ0v) is 15.6. The third kappa shape index (κ3) is 6.23. The van der Waals surface area contributed by atoms with Crippen LogP contribution in [-0.4, -0.2) is 29.2 Å². The molecule has 2 nitrogen and oxygen atoms in total. The number of benzene rings is 1. The first-order chi connectivity index (χ1) is 10.7. The Labute approximate surface area is 151 Å². The first-order valence-electron chi connectivity index (χ1n) is 7.55. The third-order valence-electron chi connectivity index (χ3n) is 3.62. The number of carbonyl (C=O) groups is 1. The van der Waals surface area contributed by atoms with Gasteiger partial charge in [0.05, 0.1) is 5.75 Å². The first kappa shape index (κ1) is 18.3. The molecular formula is C16H21Cl2NOS2. The summed E-state index contributed by atoms with van der Waals surface area (Å²) in [6.07, 6.45) is 5.41. The van der Waals surface area contributed by atoms with Crippen molar-refractivity contribution in [2.24, 2.45) is 0 Å². The highest BCUT2D eigenvalue weighted by Gasteiger charge is 2.14. The van der Waals surface area contributed by atoms with E-state index in [4.69, 9.17) is 23.2 Å². The Balaban J connectivity index is 1.57. The molecule has 1 fully saturated rings. The maximum atomic E-state index is 11.8. The molecule has 0 saturated heterocycles. The van der Waals surface area contributed by atoms with Gasteiger partial charge in [-0.2, -0.15) is 11.8 Å². The minimum absolute atomic E-state index is 0.0835. The van der Waals surface area contributed by atoms with Crippen molar-refractivity contribution in [2.75, 3.05) is 18.1 Å². The van der Waals surface area contributed by atoms with Gasteiger partial charge in [0.2, 0.25) is 5.91 Å². The van der Waals surface area contributed by atoms with E-state index in [-0.39, 0.29) is 5.91 Å². The molecule has 0 heterocycles. The van der Waals surface area contributed by atoms with E-state index >= 15 is 0 Å². The van der Waals surface area contributed by atoms with Gasteiger partial charge in [-0.1, -0.05) is 42.1 Å². The molecule has 1 aromatic rings. The molecule has 0 spiro atoms. The Hall–Kier alpha value is -0.0300. The topological polar surface area (TPSA) is 29.1 Å². The van der Waals surface area contributed by atoms with Gasteiger partial charge in [0, 0.05) is 33.3 Å². The number of rotatable bonds is 8. The molecule has 2 rings (SSSR count). The molecule has 0 bridgehead atoms. The van der Waals surface area contributed by atoms with E-state index in [1.165, 1.54) is 37.4 Å². The minimum Gasteiger partial charge on any atom is -0.355 e. The van der Waals surface area contributed by atoms with Gasteiger partial charge in [-0.05, 0) is 30.5 Å². The average molecular weight is 378 g/mol. The Morgan fingerprint density at radius 2 is 1.91 bits per heavy atom. The van der Waals surface area contributed by atoms with Crippen molar-refractivity contribution in [3.05, 3.63) is 33.8 Å². The number of hydrogen-bond acceptors (Lipinski definition) is 3. The summed E-state index contributed by atoms with van der Waals surface area (Å²) in [5, 5.41) is 5.11. The SMILES string of the molecule is O=C(CSCc1c(Cl)cccc1Cl)NCCSC1CCCC1. The van der Waals surface area contributed by atoms with E-state index < -0.39 is 0 Å². The molecule has 1 N–H and O–H groups in total. The highest BCUT2D eigenvalue weighted by Crippen LogP contribution is 2.29. The van der Waals surface area contributed by atoms with Gasteiger partial charge in [-0.3, -0.25) is 4.79 Å². The van der Waals surface area contributed by atoms with Gasteiger partial charge in [-0.25, -0.2) is 0 Å². The van der Waals surface area contributed by atoms with Gasteiger partial charge >= 0.3 is 0 Å². The number of nitrogens with one attached hydrogen (secondary N) is 1. The molecule has 0 atom stereocenters. The summed E-state index contributed by atoms with van der Waals surface area (Å²) in [7, 11) is 0. The van der Waals surface area contributed by atoms with Crippen molar-refractivity contribution in [1.29, 1.82) is 0 Å². The number of hydrogen-bond donors (Lipinski definition) is 1. The molecule has 1 saturated carbocycles. The molecule has 6 heteroatoms. The number of thioether (sulfide) groups is 2. The maximum absolute atomic E-state index is 11.8. The van der Waals surface area contributed by atoms with Crippen LogP contribution in [0.5, 0.6) is 0 Å². The molecule has 0 aromatic heterocycles. The van der Waals surface area contributed by atoms with Crippen molar-refractivity contribution in [3.8, 4) is 0 Å². The van der Waals surface area contributed by atoms with E-state index in [9.17, 15) is 4.79 Å². The van der Waals surface area contributed by atoms with Crippen LogP contribution in [0.4, 0.5) is 0 Å². The summed E-state index contributed by atoms with van der Waals surface area (Å²) >= 11 is 15.7. The lowest BCUT2D eigenvalue weighted by molar-refractivity contribution is -0.118. The fourth-order valence-corrected chi connectivity index (χ4v) is 5.25. The number of carbonyl (C=O) groups excluding carboxylic acids is 1. The third-order valence-corrected chi connectivity index (χ3v) is 6.67. The Morgan fingerprint density at radius 3 is 2.59 bits per heavy atom. The summed E-state index contributed by atoms with van der Waals surface area (Å²) in [4.78, 5) is 11.8. The van der Waals surface area contributed by atoms with E-state index in [2.05, 4.69) is 5.32 Å². The van der Waals surface area contributed by atoms with Crippen molar-refractivity contribution in [2.45, 2.75) is 36.7 Å². The lowest BCUT2D eigenvalue weighted by Crippen LogP contribution is -2.27. The van der Waals surface area contributed by atoms with Crippen LogP contribution in [0, 0.1) is 0 Å². The van der Waals surface area contributed by atoms with E-state index in [0.29, 0.717) is 21.6 Å². The van der Waals surface area contributed by atoms with Gasteiger partial charge in [0.1, 0.15) is 0 Å². The van der Waals surface area contributed by atoms with Crippen molar-refractivity contribution in [1.82, 2.24) is 5.32 Å². The summed E-state index contributed by atoms with van der Waals surface area (Å²) in [6, 6.07) is 5.47. The average Bonchev–Trinajstić information content (AvgIpc) is 3.00. The van der Waals surface area contributed by atoms with E-state index in [1.54, 1.807) is 0 Å².